The second-order valence-corrected chi connectivity index (χ2v) is 4.44. The number of aromatic nitrogens is 2. The number of benzene rings is 1. The van der Waals surface area contributed by atoms with Crippen molar-refractivity contribution in [3.05, 3.63) is 30.5 Å². The summed E-state index contributed by atoms with van der Waals surface area (Å²) in [4.78, 5) is 11.5. The molecule has 1 unspecified atom stereocenters. The van der Waals surface area contributed by atoms with E-state index in [9.17, 15) is 4.79 Å². The second-order valence-electron chi connectivity index (χ2n) is 4.44. The normalized spacial score (nSPS) is 21.5. The summed E-state index contributed by atoms with van der Waals surface area (Å²) in [6.45, 7) is 0. The van der Waals surface area contributed by atoms with Crippen LogP contribution in [0.4, 0.5) is 0 Å². The highest BCUT2D eigenvalue weighted by Crippen LogP contribution is 2.28. The molecule has 82 valence electrons. The number of para-hydroxylation sites is 1. The van der Waals surface area contributed by atoms with Gasteiger partial charge in [-0.25, -0.2) is 0 Å². The van der Waals surface area contributed by atoms with Gasteiger partial charge in [-0.05, 0) is 18.9 Å². The van der Waals surface area contributed by atoms with Gasteiger partial charge in [0.15, 0.2) is 0 Å². The third-order valence-electron chi connectivity index (χ3n) is 3.31. The first-order chi connectivity index (χ1) is 7.84. The molecule has 0 aliphatic heterocycles. The average Bonchev–Trinajstić information content (AvgIpc) is 2.72. The van der Waals surface area contributed by atoms with Crippen molar-refractivity contribution in [3.63, 3.8) is 0 Å². The summed E-state index contributed by atoms with van der Waals surface area (Å²) in [5.41, 5.74) is 1.14. The molecule has 0 bridgehead atoms. The summed E-state index contributed by atoms with van der Waals surface area (Å²) in [5.74, 6) is 0.371. The molecule has 3 heteroatoms. The van der Waals surface area contributed by atoms with Crippen LogP contribution in [0.15, 0.2) is 30.5 Å². The largest absolute Gasteiger partial charge is 0.300 e. The molecule has 0 spiro atoms. The molecule has 0 amide bonds. The standard InChI is InChI=1S/C13H14N2O/c16-12-6-3-5-11(8-12)15-13-7-2-1-4-10(13)9-14-15/h1-2,4,7,9,11H,3,5-6,8H2. The number of carbonyl (C=O) groups is 1. The van der Waals surface area contributed by atoms with Gasteiger partial charge in [0.2, 0.25) is 0 Å². The van der Waals surface area contributed by atoms with Crippen molar-refractivity contribution in [2.24, 2.45) is 0 Å². The fourth-order valence-electron chi connectivity index (χ4n) is 2.49. The number of nitrogens with zero attached hydrogens (tertiary/aromatic N) is 2. The monoisotopic (exact) mass is 214 g/mol. The van der Waals surface area contributed by atoms with Crippen LogP contribution in [0.25, 0.3) is 10.9 Å². The van der Waals surface area contributed by atoms with E-state index < -0.39 is 0 Å². The fourth-order valence-corrected chi connectivity index (χ4v) is 2.49. The number of carbonyl (C=O) groups excluding carboxylic acids is 1. The molecule has 1 aromatic heterocycles. The lowest BCUT2D eigenvalue weighted by Crippen LogP contribution is -2.19. The van der Waals surface area contributed by atoms with Crippen molar-refractivity contribution >= 4 is 16.7 Å². The lowest BCUT2D eigenvalue weighted by atomic mass is 9.94. The smallest absolute Gasteiger partial charge is 0.135 e. The molecule has 0 radical (unpaired) electrons. The van der Waals surface area contributed by atoms with Gasteiger partial charge in [0.05, 0.1) is 17.8 Å². The maximum atomic E-state index is 11.5. The Balaban J connectivity index is 2.02. The van der Waals surface area contributed by atoms with E-state index in [0.29, 0.717) is 12.2 Å². The minimum absolute atomic E-state index is 0.265. The Labute approximate surface area is 94.1 Å². The molecule has 1 saturated carbocycles. The van der Waals surface area contributed by atoms with Crippen molar-refractivity contribution in [1.29, 1.82) is 0 Å². The van der Waals surface area contributed by atoms with E-state index in [-0.39, 0.29) is 6.04 Å². The lowest BCUT2D eigenvalue weighted by Gasteiger charge is -2.21. The Morgan fingerprint density at radius 1 is 1.31 bits per heavy atom. The molecule has 1 aliphatic rings. The first-order valence-electron chi connectivity index (χ1n) is 5.78. The van der Waals surface area contributed by atoms with Crippen molar-refractivity contribution in [1.82, 2.24) is 9.78 Å². The van der Waals surface area contributed by atoms with Gasteiger partial charge in [-0.15, -0.1) is 0 Å². The minimum atomic E-state index is 0.265. The van der Waals surface area contributed by atoms with Crippen LogP contribution in [0, 0.1) is 0 Å². The molecule has 3 rings (SSSR count). The lowest BCUT2D eigenvalue weighted by molar-refractivity contribution is -0.121. The van der Waals surface area contributed by atoms with Crippen LogP contribution in [-0.4, -0.2) is 15.6 Å². The summed E-state index contributed by atoms with van der Waals surface area (Å²) in [6, 6.07) is 8.43. The van der Waals surface area contributed by atoms with E-state index in [4.69, 9.17) is 0 Å². The Morgan fingerprint density at radius 3 is 3.06 bits per heavy atom. The Morgan fingerprint density at radius 2 is 2.19 bits per heavy atom. The van der Waals surface area contributed by atoms with Crippen LogP contribution in [0.2, 0.25) is 0 Å². The van der Waals surface area contributed by atoms with Crippen molar-refractivity contribution in [2.75, 3.05) is 0 Å². The summed E-state index contributed by atoms with van der Waals surface area (Å²) < 4.78 is 2.02. The minimum Gasteiger partial charge on any atom is -0.300 e. The topological polar surface area (TPSA) is 34.9 Å². The van der Waals surface area contributed by atoms with Gasteiger partial charge in [-0.3, -0.25) is 9.48 Å². The van der Waals surface area contributed by atoms with Crippen LogP contribution >= 0.6 is 0 Å². The maximum absolute atomic E-state index is 11.5. The van der Waals surface area contributed by atoms with Crippen LogP contribution in [0.3, 0.4) is 0 Å². The van der Waals surface area contributed by atoms with Gasteiger partial charge >= 0.3 is 0 Å². The molecule has 1 heterocycles. The molecule has 0 N–H and O–H groups in total. The zero-order valence-electron chi connectivity index (χ0n) is 9.10. The molecule has 0 saturated heterocycles. The second kappa shape index (κ2) is 3.74. The van der Waals surface area contributed by atoms with Gasteiger partial charge in [0.1, 0.15) is 5.78 Å². The molecule has 16 heavy (non-hydrogen) atoms. The van der Waals surface area contributed by atoms with Crippen molar-refractivity contribution in [3.8, 4) is 0 Å². The van der Waals surface area contributed by atoms with Crippen LogP contribution < -0.4 is 0 Å². The van der Waals surface area contributed by atoms with Crippen molar-refractivity contribution < 1.29 is 4.79 Å². The Hall–Kier alpha value is -1.64. The molecular formula is C13H14N2O. The average molecular weight is 214 g/mol. The summed E-state index contributed by atoms with van der Waals surface area (Å²) >= 11 is 0. The van der Waals surface area contributed by atoms with Crippen molar-refractivity contribution in [2.45, 2.75) is 31.7 Å². The van der Waals surface area contributed by atoms with Crippen LogP contribution in [0.1, 0.15) is 31.7 Å². The molecule has 2 aromatic rings. The van der Waals surface area contributed by atoms with E-state index in [2.05, 4.69) is 17.2 Å². The van der Waals surface area contributed by atoms with E-state index in [1.165, 1.54) is 0 Å². The van der Waals surface area contributed by atoms with Gasteiger partial charge in [-0.2, -0.15) is 5.10 Å². The van der Waals surface area contributed by atoms with Crippen LogP contribution in [-0.2, 0) is 4.79 Å². The number of ketones is 1. The van der Waals surface area contributed by atoms with E-state index in [0.717, 1.165) is 30.2 Å². The quantitative estimate of drug-likeness (QED) is 0.731. The number of hydrogen-bond donors (Lipinski definition) is 0. The third kappa shape index (κ3) is 1.52. The predicted octanol–water partition coefficient (Wildman–Crippen LogP) is 2.72. The van der Waals surface area contributed by atoms with E-state index in [1.807, 2.05) is 23.0 Å². The van der Waals surface area contributed by atoms with Gasteiger partial charge in [0, 0.05) is 18.2 Å². The van der Waals surface area contributed by atoms with Gasteiger partial charge in [0.25, 0.3) is 0 Å². The van der Waals surface area contributed by atoms with Crippen LogP contribution in [0.5, 0.6) is 0 Å². The molecular weight excluding hydrogens is 200 g/mol. The molecule has 1 aliphatic carbocycles. The highest BCUT2D eigenvalue weighted by atomic mass is 16.1. The first-order valence-corrected chi connectivity index (χ1v) is 5.78. The number of fused-ring (bicyclic) bond motifs is 1. The highest BCUT2D eigenvalue weighted by Gasteiger charge is 2.22. The zero-order chi connectivity index (χ0) is 11.0. The molecule has 1 atom stereocenters. The molecule has 3 nitrogen and oxygen atoms in total. The highest BCUT2D eigenvalue weighted by molar-refractivity contribution is 5.81. The molecule has 1 fully saturated rings. The van der Waals surface area contributed by atoms with E-state index in [1.54, 1.807) is 0 Å². The Bertz CT molecular complexity index is 529. The van der Waals surface area contributed by atoms with Gasteiger partial charge in [-0.1, -0.05) is 18.2 Å². The maximum Gasteiger partial charge on any atom is 0.135 e. The van der Waals surface area contributed by atoms with Gasteiger partial charge < -0.3 is 0 Å². The fraction of sp³-hybridized carbons (Fsp3) is 0.385. The summed E-state index contributed by atoms with van der Waals surface area (Å²) in [5, 5.41) is 5.57. The zero-order valence-corrected chi connectivity index (χ0v) is 9.10. The van der Waals surface area contributed by atoms with E-state index >= 15 is 0 Å². The number of rotatable bonds is 1. The number of Topliss-reactive ketones (excluding diaryl/α,β-unsaturated/α-hetero) is 1. The predicted molar refractivity (Wildman–Crippen MR) is 62.2 cm³/mol. The number of hydrogen-bond acceptors (Lipinski definition) is 2. The SMILES string of the molecule is O=C1CCCC(n2ncc3ccccc32)C1. The summed E-state index contributed by atoms with van der Waals surface area (Å²) in [6.07, 6.45) is 5.34. The first kappa shape index (κ1) is 9.58. The summed E-state index contributed by atoms with van der Waals surface area (Å²) in [7, 11) is 0. The molecule has 1 aromatic carbocycles. The third-order valence-corrected chi connectivity index (χ3v) is 3.31. The Kier molecular flexibility index (Phi) is 2.24.